The van der Waals surface area contributed by atoms with Crippen LogP contribution in [0.5, 0.6) is 0 Å². The molecule has 1 aliphatic rings. The van der Waals surface area contributed by atoms with E-state index in [9.17, 15) is 8.78 Å². The minimum atomic E-state index is -0.657. The molecule has 176 valence electrons. The number of benzene rings is 2. The lowest BCUT2D eigenvalue weighted by Crippen LogP contribution is -2.53. The first-order valence-corrected chi connectivity index (χ1v) is 11.3. The van der Waals surface area contributed by atoms with Crippen molar-refractivity contribution in [2.45, 2.75) is 40.7 Å². The molecule has 1 unspecified atom stereocenters. The van der Waals surface area contributed by atoms with Gasteiger partial charge in [0.1, 0.15) is 18.0 Å². The van der Waals surface area contributed by atoms with Gasteiger partial charge in [0.2, 0.25) is 5.95 Å². The normalized spacial score (nSPS) is 17.4. The molecule has 4 rings (SSSR count). The van der Waals surface area contributed by atoms with Crippen molar-refractivity contribution < 1.29 is 8.78 Å². The number of rotatable bonds is 5. The van der Waals surface area contributed by atoms with Crippen molar-refractivity contribution in [2.75, 3.05) is 36.4 Å². The van der Waals surface area contributed by atoms with E-state index in [2.05, 4.69) is 72.0 Å². The minimum absolute atomic E-state index is 0.278. The molecular weight excluding hydrogens is 422 g/mol. The summed E-state index contributed by atoms with van der Waals surface area (Å²) in [4.78, 5) is 9.24. The molecule has 1 N–H and O–H groups in total. The molecule has 1 atom stereocenters. The molecule has 1 fully saturated rings. The summed E-state index contributed by atoms with van der Waals surface area (Å²) in [6, 6.07) is 10.1. The zero-order chi connectivity index (χ0) is 23.8. The summed E-state index contributed by atoms with van der Waals surface area (Å²) in [5.41, 5.74) is 3.72. The van der Waals surface area contributed by atoms with Crippen LogP contribution in [0.2, 0.25) is 0 Å². The number of aryl methyl sites for hydroxylation is 1. The zero-order valence-corrected chi connectivity index (χ0v) is 19.9. The highest BCUT2D eigenvalue weighted by molar-refractivity contribution is 5.64. The number of hydrogen-bond donors (Lipinski definition) is 1. The van der Waals surface area contributed by atoms with Gasteiger partial charge in [0, 0.05) is 49.7 Å². The second-order valence-electron chi connectivity index (χ2n) is 10.1. The molecule has 0 amide bonds. The predicted octanol–water partition coefficient (Wildman–Crippen LogP) is 5.15. The van der Waals surface area contributed by atoms with Gasteiger partial charge in [-0.2, -0.15) is 4.98 Å². The van der Waals surface area contributed by atoms with Gasteiger partial charge in [-0.05, 0) is 55.2 Å². The smallest absolute Gasteiger partial charge is 0.246 e. The number of anilines is 3. The standard InChI is InChI=1S/C25H32F2N6/c1-17-8-21(29-24-28-16-33(30-24)23-11-19(26)10-20(27)12-23)13-22(9-17)31-6-7-32(18(2)14-31)15-25(3,4)5/h8-13,16,18H,6-7,14-15H2,1-5H3,(H,29,30). The third-order valence-corrected chi connectivity index (χ3v) is 5.73. The minimum Gasteiger partial charge on any atom is -0.369 e. The maximum atomic E-state index is 13.5. The number of piperazine rings is 1. The summed E-state index contributed by atoms with van der Waals surface area (Å²) in [5, 5.41) is 7.55. The van der Waals surface area contributed by atoms with Gasteiger partial charge in [-0.3, -0.25) is 4.90 Å². The molecule has 0 radical (unpaired) electrons. The third kappa shape index (κ3) is 5.87. The summed E-state index contributed by atoms with van der Waals surface area (Å²) in [5.74, 6) is -0.954. The molecule has 1 saturated heterocycles. The number of nitrogens with zero attached hydrogens (tertiary/aromatic N) is 5. The lowest BCUT2D eigenvalue weighted by Gasteiger charge is -2.43. The molecule has 2 heterocycles. The van der Waals surface area contributed by atoms with E-state index in [4.69, 9.17) is 0 Å². The van der Waals surface area contributed by atoms with E-state index < -0.39 is 11.6 Å². The van der Waals surface area contributed by atoms with Crippen molar-refractivity contribution in [2.24, 2.45) is 5.41 Å². The van der Waals surface area contributed by atoms with Crippen LogP contribution in [0.4, 0.5) is 26.1 Å². The van der Waals surface area contributed by atoms with Crippen LogP contribution in [0.15, 0.2) is 42.7 Å². The molecule has 1 aliphatic heterocycles. The van der Waals surface area contributed by atoms with Gasteiger partial charge < -0.3 is 10.2 Å². The average Bonchev–Trinajstić information content (AvgIpc) is 3.16. The Labute approximate surface area is 194 Å². The first-order valence-electron chi connectivity index (χ1n) is 11.3. The average molecular weight is 455 g/mol. The van der Waals surface area contributed by atoms with Gasteiger partial charge in [0.05, 0.1) is 5.69 Å². The Kier molecular flexibility index (Phi) is 6.38. The van der Waals surface area contributed by atoms with Crippen molar-refractivity contribution in [3.05, 3.63) is 59.9 Å². The van der Waals surface area contributed by atoms with Crippen LogP contribution in [-0.4, -0.2) is 51.9 Å². The van der Waals surface area contributed by atoms with Crippen molar-refractivity contribution in [3.63, 3.8) is 0 Å². The molecule has 8 heteroatoms. The fourth-order valence-corrected chi connectivity index (χ4v) is 4.34. The summed E-state index contributed by atoms with van der Waals surface area (Å²) < 4.78 is 28.4. The second kappa shape index (κ2) is 9.09. The second-order valence-corrected chi connectivity index (χ2v) is 10.1. The van der Waals surface area contributed by atoms with Gasteiger partial charge in [-0.25, -0.2) is 13.5 Å². The van der Waals surface area contributed by atoms with Crippen LogP contribution < -0.4 is 10.2 Å². The molecule has 3 aromatic rings. The quantitative estimate of drug-likeness (QED) is 0.578. The largest absolute Gasteiger partial charge is 0.369 e. The number of nitrogens with one attached hydrogen (secondary N) is 1. The zero-order valence-electron chi connectivity index (χ0n) is 19.9. The molecule has 0 spiro atoms. The number of hydrogen-bond acceptors (Lipinski definition) is 5. The summed E-state index contributed by atoms with van der Waals surface area (Å²) >= 11 is 0. The van der Waals surface area contributed by atoms with Crippen LogP contribution in [0.25, 0.3) is 5.69 Å². The van der Waals surface area contributed by atoms with Gasteiger partial charge in [-0.15, -0.1) is 5.10 Å². The highest BCUT2D eigenvalue weighted by atomic mass is 19.1. The van der Waals surface area contributed by atoms with E-state index in [1.807, 2.05) is 6.07 Å². The van der Waals surface area contributed by atoms with E-state index in [0.29, 0.717) is 12.0 Å². The Hall–Kier alpha value is -3.00. The van der Waals surface area contributed by atoms with Crippen LogP contribution in [0.1, 0.15) is 33.3 Å². The van der Waals surface area contributed by atoms with Gasteiger partial charge in [0.25, 0.3) is 0 Å². The fraction of sp³-hybridized carbons (Fsp3) is 0.440. The lowest BCUT2D eigenvalue weighted by atomic mass is 9.94. The van der Waals surface area contributed by atoms with E-state index in [0.717, 1.165) is 49.2 Å². The SMILES string of the molecule is Cc1cc(Nc2ncn(-c3cc(F)cc(F)c3)n2)cc(N2CCN(CC(C)(C)C)C(C)C2)c1. The predicted molar refractivity (Wildman–Crippen MR) is 128 cm³/mol. The molecule has 0 saturated carbocycles. The summed E-state index contributed by atoms with van der Waals surface area (Å²) in [6.07, 6.45) is 1.43. The molecule has 33 heavy (non-hydrogen) atoms. The van der Waals surface area contributed by atoms with Crippen LogP contribution in [0, 0.1) is 24.0 Å². The van der Waals surface area contributed by atoms with E-state index in [1.54, 1.807) is 0 Å². The van der Waals surface area contributed by atoms with E-state index in [1.165, 1.54) is 23.1 Å². The van der Waals surface area contributed by atoms with Crippen LogP contribution in [0.3, 0.4) is 0 Å². The lowest BCUT2D eigenvalue weighted by molar-refractivity contribution is 0.134. The van der Waals surface area contributed by atoms with Gasteiger partial charge in [-0.1, -0.05) is 20.8 Å². The first kappa shape index (κ1) is 23.2. The molecule has 2 aromatic carbocycles. The van der Waals surface area contributed by atoms with Crippen molar-refractivity contribution in [1.29, 1.82) is 0 Å². The maximum absolute atomic E-state index is 13.5. The summed E-state index contributed by atoms with van der Waals surface area (Å²) in [7, 11) is 0. The fourth-order valence-electron chi connectivity index (χ4n) is 4.34. The van der Waals surface area contributed by atoms with Crippen molar-refractivity contribution in [1.82, 2.24) is 19.7 Å². The molecule has 0 bridgehead atoms. The Balaban J connectivity index is 1.48. The maximum Gasteiger partial charge on any atom is 0.246 e. The van der Waals surface area contributed by atoms with E-state index in [-0.39, 0.29) is 11.1 Å². The molecular formula is C25H32F2N6. The van der Waals surface area contributed by atoms with Gasteiger partial charge in [0.15, 0.2) is 0 Å². The van der Waals surface area contributed by atoms with Crippen molar-refractivity contribution in [3.8, 4) is 5.69 Å². The van der Waals surface area contributed by atoms with Crippen LogP contribution in [-0.2, 0) is 0 Å². The number of halogens is 2. The molecule has 0 aliphatic carbocycles. The Bertz CT molecular complexity index is 1100. The molecule has 6 nitrogen and oxygen atoms in total. The highest BCUT2D eigenvalue weighted by Gasteiger charge is 2.27. The number of aromatic nitrogens is 3. The topological polar surface area (TPSA) is 49.2 Å². The van der Waals surface area contributed by atoms with E-state index >= 15 is 0 Å². The summed E-state index contributed by atoms with van der Waals surface area (Å²) in [6.45, 7) is 15.3. The third-order valence-electron chi connectivity index (χ3n) is 5.73. The monoisotopic (exact) mass is 454 g/mol. The van der Waals surface area contributed by atoms with Crippen molar-refractivity contribution >= 4 is 17.3 Å². The van der Waals surface area contributed by atoms with Crippen LogP contribution >= 0.6 is 0 Å². The Morgan fingerprint density at radius 1 is 1.00 bits per heavy atom. The first-order chi connectivity index (χ1) is 15.6. The Morgan fingerprint density at radius 3 is 2.39 bits per heavy atom. The Morgan fingerprint density at radius 2 is 1.73 bits per heavy atom. The molecule has 1 aromatic heterocycles. The highest BCUT2D eigenvalue weighted by Crippen LogP contribution is 2.27. The van der Waals surface area contributed by atoms with Gasteiger partial charge >= 0.3 is 0 Å².